The second-order valence-electron chi connectivity index (χ2n) is 7.10. The Morgan fingerprint density at radius 2 is 1.89 bits per heavy atom. The number of carbonyl (C=O) groups excluding carboxylic acids is 2. The Bertz CT molecular complexity index is 857. The van der Waals surface area contributed by atoms with Crippen molar-refractivity contribution in [2.75, 3.05) is 20.2 Å². The normalized spacial score (nSPS) is 19.4. The smallest absolute Gasteiger partial charge is 0.244 e. The van der Waals surface area contributed by atoms with Crippen molar-refractivity contribution in [3.8, 4) is 5.75 Å². The predicted octanol–water partition coefficient (Wildman–Crippen LogP) is 1.66. The molecule has 1 aliphatic rings. The number of carbonyl (C=O) groups is 2. The number of aryl methyl sites for hydroxylation is 1. The summed E-state index contributed by atoms with van der Waals surface area (Å²) in [4.78, 5) is 26.3. The molecular weight excluding hydrogens is 344 g/mol. The minimum atomic E-state index is -0.115. The van der Waals surface area contributed by atoms with Gasteiger partial charge in [-0.3, -0.25) is 14.3 Å². The largest absolute Gasteiger partial charge is 0.497 e. The molecule has 1 aromatic heterocycles. The quantitative estimate of drug-likeness (QED) is 0.809. The van der Waals surface area contributed by atoms with Crippen molar-refractivity contribution in [3.05, 3.63) is 46.8 Å². The molecule has 2 atom stereocenters. The summed E-state index contributed by atoms with van der Waals surface area (Å²) in [7, 11) is 1.63. The lowest BCUT2D eigenvalue weighted by molar-refractivity contribution is -0.131. The van der Waals surface area contributed by atoms with Crippen LogP contribution in [0.2, 0.25) is 0 Å². The molecule has 1 aromatic carbocycles. The molecular formula is C20H26N4O3. The third-order valence-electron chi connectivity index (χ3n) is 5.28. The van der Waals surface area contributed by atoms with Crippen molar-refractivity contribution in [3.63, 3.8) is 0 Å². The molecule has 0 saturated carbocycles. The third kappa shape index (κ3) is 3.73. The molecule has 1 saturated heterocycles. The number of nitrogens with zero attached hydrogens (tertiary/aromatic N) is 3. The molecule has 0 spiro atoms. The molecule has 0 radical (unpaired) electrons. The van der Waals surface area contributed by atoms with Crippen molar-refractivity contribution in [1.29, 1.82) is 0 Å². The molecule has 144 valence electrons. The lowest BCUT2D eigenvalue weighted by Crippen LogP contribution is -2.34. The van der Waals surface area contributed by atoms with Crippen molar-refractivity contribution in [2.45, 2.75) is 39.3 Å². The van der Waals surface area contributed by atoms with Crippen LogP contribution in [0.25, 0.3) is 0 Å². The van der Waals surface area contributed by atoms with Crippen molar-refractivity contribution < 1.29 is 14.3 Å². The summed E-state index contributed by atoms with van der Waals surface area (Å²) < 4.78 is 6.81. The highest BCUT2D eigenvalue weighted by Gasteiger charge is 2.34. The zero-order valence-corrected chi connectivity index (χ0v) is 16.2. The lowest BCUT2D eigenvalue weighted by atomic mass is 9.95. The third-order valence-corrected chi connectivity index (χ3v) is 5.28. The van der Waals surface area contributed by atoms with Crippen LogP contribution in [0, 0.1) is 13.8 Å². The van der Waals surface area contributed by atoms with E-state index in [0.29, 0.717) is 24.3 Å². The van der Waals surface area contributed by atoms with E-state index < -0.39 is 0 Å². The first kappa shape index (κ1) is 19.1. The van der Waals surface area contributed by atoms with Crippen LogP contribution in [-0.4, -0.2) is 52.6 Å². The van der Waals surface area contributed by atoms with Crippen LogP contribution >= 0.6 is 0 Å². The zero-order chi connectivity index (χ0) is 19.7. The Kier molecular flexibility index (Phi) is 5.32. The van der Waals surface area contributed by atoms with Gasteiger partial charge in [-0.2, -0.15) is 5.10 Å². The Labute approximate surface area is 159 Å². The van der Waals surface area contributed by atoms with Gasteiger partial charge in [0.2, 0.25) is 5.91 Å². The zero-order valence-electron chi connectivity index (χ0n) is 16.2. The maximum atomic E-state index is 12.8. The van der Waals surface area contributed by atoms with Gasteiger partial charge < -0.3 is 15.4 Å². The Morgan fingerprint density at radius 3 is 2.44 bits per heavy atom. The molecule has 0 aliphatic carbocycles. The minimum Gasteiger partial charge on any atom is -0.497 e. The minimum absolute atomic E-state index is 0.0357. The average molecular weight is 370 g/mol. The number of methoxy groups -OCH3 is 1. The highest BCUT2D eigenvalue weighted by atomic mass is 16.5. The fourth-order valence-corrected chi connectivity index (χ4v) is 3.82. The van der Waals surface area contributed by atoms with Crippen LogP contribution in [0.4, 0.5) is 0 Å². The Morgan fingerprint density at radius 1 is 1.22 bits per heavy atom. The van der Waals surface area contributed by atoms with Crippen LogP contribution in [-0.2, 0) is 11.3 Å². The first-order chi connectivity index (χ1) is 12.8. The number of rotatable bonds is 5. The van der Waals surface area contributed by atoms with Gasteiger partial charge in [-0.1, -0.05) is 12.1 Å². The second-order valence-corrected chi connectivity index (χ2v) is 7.10. The van der Waals surface area contributed by atoms with Crippen LogP contribution < -0.4 is 10.5 Å². The number of ketones is 1. The van der Waals surface area contributed by atoms with Gasteiger partial charge in [-0.25, -0.2) is 0 Å². The molecule has 1 fully saturated rings. The van der Waals surface area contributed by atoms with E-state index in [1.165, 1.54) is 6.92 Å². The molecule has 7 nitrogen and oxygen atoms in total. The molecule has 2 N–H and O–H groups in total. The fourth-order valence-electron chi connectivity index (χ4n) is 3.82. The highest BCUT2D eigenvalue weighted by molar-refractivity contribution is 5.96. The van der Waals surface area contributed by atoms with E-state index in [1.807, 2.05) is 31.2 Å². The second kappa shape index (κ2) is 7.52. The van der Waals surface area contributed by atoms with E-state index in [1.54, 1.807) is 23.6 Å². The summed E-state index contributed by atoms with van der Waals surface area (Å²) >= 11 is 0. The van der Waals surface area contributed by atoms with Gasteiger partial charge in [0, 0.05) is 30.7 Å². The molecule has 7 heteroatoms. The number of amides is 1. The van der Waals surface area contributed by atoms with Crippen molar-refractivity contribution in [2.24, 2.45) is 5.73 Å². The Hall–Kier alpha value is -2.67. The summed E-state index contributed by atoms with van der Waals surface area (Å²) in [5.41, 5.74) is 9.38. The summed E-state index contributed by atoms with van der Waals surface area (Å²) in [6.45, 7) is 6.32. The molecule has 3 rings (SSSR count). The number of hydrogen-bond acceptors (Lipinski definition) is 5. The molecule has 27 heavy (non-hydrogen) atoms. The monoisotopic (exact) mass is 370 g/mol. The van der Waals surface area contributed by atoms with E-state index in [4.69, 9.17) is 10.5 Å². The van der Waals surface area contributed by atoms with E-state index in [2.05, 4.69) is 5.10 Å². The molecule has 0 bridgehead atoms. The topological polar surface area (TPSA) is 90.5 Å². The number of ether oxygens (including phenoxy) is 1. The van der Waals surface area contributed by atoms with E-state index in [9.17, 15) is 9.59 Å². The van der Waals surface area contributed by atoms with Crippen molar-refractivity contribution in [1.82, 2.24) is 14.7 Å². The van der Waals surface area contributed by atoms with E-state index in [0.717, 1.165) is 17.0 Å². The van der Waals surface area contributed by atoms with Crippen LogP contribution in [0.5, 0.6) is 5.75 Å². The lowest BCUT2D eigenvalue weighted by Gasteiger charge is -2.17. The van der Waals surface area contributed by atoms with Crippen LogP contribution in [0.15, 0.2) is 24.3 Å². The summed E-state index contributed by atoms with van der Waals surface area (Å²) in [5.74, 6) is 0.811. The molecule has 0 unspecified atom stereocenters. The van der Waals surface area contributed by atoms with Gasteiger partial charge in [0.25, 0.3) is 0 Å². The highest BCUT2D eigenvalue weighted by Crippen LogP contribution is 2.28. The van der Waals surface area contributed by atoms with E-state index >= 15 is 0 Å². The molecule has 2 heterocycles. The molecule has 1 amide bonds. The van der Waals surface area contributed by atoms with Gasteiger partial charge in [0.05, 0.1) is 18.4 Å². The van der Waals surface area contributed by atoms with Gasteiger partial charge >= 0.3 is 0 Å². The fraction of sp³-hybridized carbons (Fsp3) is 0.450. The average Bonchev–Trinajstić information content (AvgIpc) is 3.15. The van der Waals surface area contributed by atoms with Crippen LogP contribution in [0.1, 0.15) is 40.2 Å². The maximum absolute atomic E-state index is 12.8. The number of aromatic nitrogens is 2. The predicted molar refractivity (Wildman–Crippen MR) is 102 cm³/mol. The Balaban J connectivity index is 1.71. The SMILES string of the molecule is COc1ccc([C@H]2CN(C(=O)Cn3nc(C)c(C(C)=O)c3C)C[C@@H]2N)cc1. The number of Topliss-reactive ketones (excluding diaryl/α,β-unsaturated/α-hetero) is 1. The number of hydrogen-bond donors (Lipinski definition) is 1. The van der Waals surface area contributed by atoms with Gasteiger partial charge in [-0.05, 0) is 38.5 Å². The van der Waals surface area contributed by atoms with Gasteiger partial charge in [-0.15, -0.1) is 0 Å². The number of likely N-dealkylation sites (tertiary alicyclic amines) is 1. The van der Waals surface area contributed by atoms with Crippen LogP contribution in [0.3, 0.4) is 0 Å². The first-order valence-electron chi connectivity index (χ1n) is 9.04. The maximum Gasteiger partial charge on any atom is 0.244 e. The van der Waals surface area contributed by atoms with E-state index in [-0.39, 0.29) is 30.2 Å². The van der Waals surface area contributed by atoms with Crippen molar-refractivity contribution >= 4 is 11.7 Å². The standard InChI is InChI=1S/C20H26N4O3/c1-12-20(14(3)25)13(2)24(22-12)11-19(26)23-9-17(18(21)10-23)15-5-7-16(27-4)8-6-15/h5-8,17-18H,9-11,21H2,1-4H3/t17-,18+/m1/s1. The number of nitrogens with two attached hydrogens (primary N) is 1. The number of benzene rings is 1. The molecule has 2 aromatic rings. The summed E-state index contributed by atoms with van der Waals surface area (Å²) in [5, 5.41) is 4.36. The summed E-state index contributed by atoms with van der Waals surface area (Å²) in [6.07, 6.45) is 0. The molecule has 1 aliphatic heterocycles. The van der Waals surface area contributed by atoms with Gasteiger partial charge in [0.1, 0.15) is 12.3 Å². The van der Waals surface area contributed by atoms with Gasteiger partial charge in [0.15, 0.2) is 5.78 Å². The first-order valence-corrected chi connectivity index (χ1v) is 9.04. The summed E-state index contributed by atoms with van der Waals surface area (Å²) in [6, 6.07) is 7.70.